The second kappa shape index (κ2) is 5.84. The molecule has 1 aliphatic heterocycles. The molecule has 0 saturated carbocycles. The van der Waals surface area contributed by atoms with Gasteiger partial charge >= 0.3 is 0 Å². The Morgan fingerprint density at radius 1 is 1.35 bits per heavy atom. The first-order valence-electron chi connectivity index (χ1n) is 6.45. The van der Waals surface area contributed by atoms with Gasteiger partial charge in [0.2, 0.25) is 0 Å². The van der Waals surface area contributed by atoms with Crippen molar-refractivity contribution in [3.63, 3.8) is 0 Å². The SMILES string of the molecule is CC1CCCN(Cc2ccccc2CC#N)C1. The Labute approximate surface area is 104 Å². The van der Waals surface area contributed by atoms with E-state index < -0.39 is 0 Å². The van der Waals surface area contributed by atoms with Crippen LogP contribution >= 0.6 is 0 Å². The fraction of sp³-hybridized carbons (Fsp3) is 0.533. The number of rotatable bonds is 3. The van der Waals surface area contributed by atoms with Gasteiger partial charge in [0, 0.05) is 13.1 Å². The van der Waals surface area contributed by atoms with Gasteiger partial charge in [-0.05, 0) is 36.4 Å². The van der Waals surface area contributed by atoms with Gasteiger partial charge in [0.05, 0.1) is 12.5 Å². The highest BCUT2D eigenvalue weighted by molar-refractivity contribution is 5.29. The molecule has 0 aliphatic carbocycles. The summed E-state index contributed by atoms with van der Waals surface area (Å²) < 4.78 is 0. The highest BCUT2D eigenvalue weighted by atomic mass is 15.1. The minimum atomic E-state index is 0.527. The normalized spacial score (nSPS) is 21.1. The predicted molar refractivity (Wildman–Crippen MR) is 69.4 cm³/mol. The summed E-state index contributed by atoms with van der Waals surface area (Å²) in [5.41, 5.74) is 2.51. The zero-order valence-electron chi connectivity index (χ0n) is 10.5. The average Bonchev–Trinajstić information content (AvgIpc) is 2.32. The van der Waals surface area contributed by atoms with Crippen molar-refractivity contribution in [2.24, 2.45) is 5.92 Å². The lowest BCUT2D eigenvalue weighted by Crippen LogP contribution is -2.33. The summed E-state index contributed by atoms with van der Waals surface area (Å²) in [5.74, 6) is 0.812. The Morgan fingerprint density at radius 3 is 2.82 bits per heavy atom. The van der Waals surface area contributed by atoms with Crippen LogP contribution in [0.2, 0.25) is 0 Å². The molecule has 0 aromatic heterocycles. The van der Waals surface area contributed by atoms with E-state index >= 15 is 0 Å². The summed E-state index contributed by atoms with van der Waals surface area (Å²) in [6.07, 6.45) is 3.19. The molecule has 1 atom stereocenters. The third-order valence-electron chi connectivity index (χ3n) is 3.52. The smallest absolute Gasteiger partial charge is 0.0669 e. The van der Waals surface area contributed by atoms with E-state index in [1.54, 1.807) is 0 Å². The van der Waals surface area contributed by atoms with Crippen LogP contribution in [0.25, 0.3) is 0 Å². The topological polar surface area (TPSA) is 27.0 Å². The van der Waals surface area contributed by atoms with Crippen molar-refractivity contribution in [1.82, 2.24) is 4.90 Å². The molecule has 1 saturated heterocycles. The molecular formula is C15H20N2. The molecule has 1 heterocycles. The quantitative estimate of drug-likeness (QED) is 0.795. The van der Waals surface area contributed by atoms with Crippen LogP contribution in [0.15, 0.2) is 24.3 Å². The van der Waals surface area contributed by atoms with Crippen LogP contribution in [0.1, 0.15) is 30.9 Å². The fourth-order valence-corrected chi connectivity index (χ4v) is 2.64. The molecular weight excluding hydrogens is 208 g/mol. The molecule has 1 aromatic rings. The first kappa shape index (κ1) is 12.1. The van der Waals surface area contributed by atoms with Gasteiger partial charge in [-0.15, -0.1) is 0 Å². The van der Waals surface area contributed by atoms with E-state index in [1.807, 2.05) is 6.07 Å². The van der Waals surface area contributed by atoms with Crippen molar-refractivity contribution in [3.05, 3.63) is 35.4 Å². The lowest BCUT2D eigenvalue weighted by Gasteiger charge is -2.31. The molecule has 0 amide bonds. The van der Waals surface area contributed by atoms with E-state index in [0.717, 1.165) is 12.5 Å². The molecule has 1 unspecified atom stereocenters. The van der Waals surface area contributed by atoms with E-state index in [2.05, 4.69) is 36.1 Å². The first-order valence-corrected chi connectivity index (χ1v) is 6.45. The second-order valence-corrected chi connectivity index (χ2v) is 5.09. The van der Waals surface area contributed by atoms with Crippen LogP contribution in [-0.2, 0) is 13.0 Å². The lowest BCUT2D eigenvalue weighted by molar-refractivity contribution is 0.176. The molecule has 1 aromatic carbocycles. The van der Waals surface area contributed by atoms with Crippen LogP contribution in [0.4, 0.5) is 0 Å². The third-order valence-corrected chi connectivity index (χ3v) is 3.52. The van der Waals surface area contributed by atoms with Gasteiger partial charge in [0.15, 0.2) is 0 Å². The number of piperidine rings is 1. The molecule has 1 fully saturated rings. The van der Waals surface area contributed by atoms with Gasteiger partial charge in [-0.2, -0.15) is 5.26 Å². The highest BCUT2D eigenvalue weighted by Gasteiger charge is 2.16. The second-order valence-electron chi connectivity index (χ2n) is 5.09. The summed E-state index contributed by atoms with van der Waals surface area (Å²) in [5, 5.41) is 8.83. The van der Waals surface area contributed by atoms with Gasteiger partial charge in [-0.1, -0.05) is 31.2 Å². The molecule has 17 heavy (non-hydrogen) atoms. The monoisotopic (exact) mass is 228 g/mol. The Morgan fingerprint density at radius 2 is 2.12 bits per heavy atom. The Balaban J connectivity index is 2.05. The fourth-order valence-electron chi connectivity index (χ4n) is 2.64. The molecule has 1 aliphatic rings. The summed E-state index contributed by atoms with van der Waals surface area (Å²) >= 11 is 0. The molecule has 2 rings (SSSR count). The van der Waals surface area contributed by atoms with E-state index in [1.165, 1.54) is 37.1 Å². The van der Waals surface area contributed by atoms with Crippen LogP contribution in [0, 0.1) is 17.2 Å². The average molecular weight is 228 g/mol. The largest absolute Gasteiger partial charge is 0.299 e. The van der Waals surface area contributed by atoms with E-state index in [9.17, 15) is 0 Å². The van der Waals surface area contributed by atoms with Crippen LogP contribution < -0.4 is 0 Å². The molecule has 2 heteroatoms. The summed E-state index contributed by atoms with van der Waals surface area (Å²) in [7, 11) is 0. The van der Waals surface area contributed by atoms with E-state index in [-0.39, 0.29) is 0 Å². The van der Waals surface area contributed by atoms with Crippen molar-refractivity contribution in [2.45, 2.75) is 32.7 Å². The van der Waals surface area contributed by atoms with Gasteiger partial charge < -0.3 is 0 Å². The predicted octanol–water partition coefficient (Wildman–Crippen LogP) is 2.98. The van der Waals surface area contributed by atoms with Gasteiger partial charge in [-0.3, -0.25) is 4.90 Å². The Bertz CT molecular complexity index is 406. The molecule has 2 nitrogen and oxygen atoms in total. The highest BCUT2D eigenvalue weighted by Crippen LogP contribution is 2.19. The number of hydrogen-bond acceptors (Lipinski definition) is 2. The zero-order chi connectivity index (χ0) is 12.1. The number of benzene rings is 1. The Kier molecular flexibility index (Phi) is 4.17. The third kappa shape index (κ3) is 3.31. The van der Waals surface area contributed by atoms with Crippen LogP contribution in [0.5, 0.6) is 0 Å². The maximum atomic E-state index is 8.83. The first-order chi connectivity index (χ1) is 8.29. The number of nitriles is 1. The van der Waals surface area contributed by atoms with Gasteiger partial charge in [0.25, 0.3) is 0 Å². The minimum Gasteiger partial charge on any atom is -0.299 e. The summed E-state index contributed by atoms with van der Waals surface area (Å²) in [4.78, 5) is 2.52. The molecule has 0 bridgehead atoms. The summed E-state index contributed by atoms with van der Waals surface area (Å²) in [6, 6.07) is 10.6. The molecule has 0 spiro atoms. The maximum absolute atomic E-state index is 8.83. The van der Waals surface area contributed by atoms with Gasteiger partial charge in [-0.25, -0.2) is 0 Å². The Hall–Kier alpha value is -1.33. The van der Waals surface area contributed by atoms with Crippen molar-refractivity contribution in [3.8, 4) is 6.07 Å². The number of likely N-dealkylation sites (tertiary alicyclic amines) is 1. The number of hydrogen-bond donors (Lipinski definition) is 0. The zero-order valence-corrected chi connectivity index (χ0v) is 10.5. The van der Waals surface area contributed by atoms with Crippen LogP contribution in [-0.4, -0.2) is 18.0 Å². The molecule has 0 radical (unpaired) electrons. The van der Waals surface area contributed by atoms with Crippen molar-refractivity contribution >= 4 is 0 Å². The van der Waals surface area contributed by atoms with Crippen LogP contribution in [0.3, 0.4) is 0 Å². The van der Waals surface area contributed by atoms with Crippen molar-refractivity contribution < 1.29 is 0 Å². The van der Waals surface area contributed by atoms with Gasteiger partial charge in [0.1, 0.15) is 0 Å². The van der Waals surface area contributed by atoms with E-state index in [4.69, 9.17) is 5.26 Å². The standard InChI is InChI=1S/C15H20N2/c1-13-5-4-10-17(11-13)12-15-7-3-2-6-14(15)8-9-16/h2-3,6-7,13H,4-5,8,10-12H2,1H3. The molecule has 0 N–H and O–H groups in total. The van der Waals surface area contributed by atoms with Crippen molar-refractivity contribution in [1.29, 1.82) is 5.26 Å². The number of nitrogens with zero attached hydrogens (tertiary/aromatic N) is 2. The maximum Gasteiger partial charge on any atom is 0.0669 e. The van der Waals surface area contributed by atoms with E-state index in [0.29, 0.717) is 6.42 Å². The molecule has 90 valence electrons. The minimum absolute atomic E-state index is 0.527. The lowest BCUT2D eigenvalue weighted by atomic mass is 9.98. The van der Waals surface area contributed by atoms with Crippen molar-refractivity contribution in [2.75, 3.05) is 13.1 Å². The summed E-state index contributed by atoms with van der Waals surface area (Å²) in [6.45, 7) is 5.72.